The fourth-order valence-electron chi connectivity index (χ4n) is 3.65. The maximum absolute atomic E-state index is 13.1. The molecule has 0 bridgehead atoms. The average Bonchev–Trinajstić information content (AvgIpc) is 2.87. The summed E-state index contributed by atoms with van der Waals surface area (Å²) in [6, 6.07) is 18.0. The zero-order valence-corrected chi connectivity index (χ0v) is 21.4. The Balaban J connectivity index is 0.00000267. The Morgan fingerprint density at radius 2 is 1.78 bits per heavy atom. The minimum Gasteiger partial charge on any atom is -0.457 e. The molecule has 6 nitrogen and oxygen atoms in total. The second kappa shape index (κ2) is 13.0. The molecule has 0 aliphatic carbocycles. The summed E-state index contributed by atoms with van der Waals surface area (Å²) in [5.74, 6) is -3.23. The van der Waals surface area contributed by atoms with Gasteiger partial charge in [0.15, 0.2) is 0 Å². The van der Waals surface area contributed by atoms with Crippen LogP contribution in [0.15, 0.2) is 79.1 Å². The van der Waals surface area contributed by atoms with Gasteiger partial charge in [0.1, 0.15) is 6.56 Å². The molecule has 0 spiro atoms. The lowest BCUT2D eigenvalue weighted by Crippen LogP contribution is -2.27. The van der Waals surface area contributed by atoms with Crippen molar-refractivity contribution in [3.05, 3.63) is 107 Å². The van der Waals surface area contributed by atoms with Crippen LogP contribution in [0.25, 0.3) is 10.8 Å². The zero-order chi connectivity index (χ0) is 26.8. The molecule has 0 aliphatic heterocycles. The number of anilines is 1. The molecule has 0 radical (unpaired) electrons. The number of ether oxygens (including phenoxy) is 1. The fraction of sp³-hybridized carbons (Fsp3) is 0.179. The molecule has 1 heterocycles. The smallest absolute Gasteiger partial charge is 0.338 e. The molecule has 0 saturated heterocycles. The van der Waals surface area contributed by atoms with E-state index in [1.807, 2.05) is 25.1 Å². The van der Waals surface area contributed by atoms with Gasteiger partial charge in [-0.3, -0.25) is 9.78 Å². The first-order valence-electron chi connectivity index (χ1n) is 12.3. The summed E-state index contributed by atoms with van der Waals surface area (Å²) < 4.78 is 30.6. The summed E-state index contributed by atoms with van der Waals surface area (Å²) in [6.45, 7) is 0.929. The Bertz CT molecular complexity index is 1490. The maximum atomic E-state index is 13.1. The molecule has 1 atom stereocenters. The summed E-state index contributed by atoms with van der Waals surface area (Å²) in [7, 11) is 0. The van der Waals surface area contributed by atoms with E-state index in [0.717, 1.165) is 16.3 Å². The lowest BCUT2D eigenvalue weighted by Gasteiger charge is -2.16. The second-order valence-electron chi connectivity index (χ2n) is 7.96. The lowest BCUT2D eigenvalue weighted by molar-refractivity contribution is -0.117. The summed E-state index contributed by atoms with van der Waals surface area (Å²) in [5.41, 5.74) is 8.67. The fourth-order valence-corrected chi connectivity index (χ4v) is 3.65. The number of rotatable bonds is 7. The van der Waals surface area contributed by atoms with E-state index in [0.29, 0.717) is 11.3 Å². The number of aryl methyl sites for hydroxylation is 2. The maximum Gasteiger partial charge on any atom is 0.338 e. The number of amides is 1. The van der Waals surface area contributed by atoms with Crippen LogP contribution < -0.4 is 11.1 Å². The molecule has 3 aromatic carbocycles. The number of carbonyl (C=O) groups is 2. The number of pyridine rings is 1. The second-order valence-corrected chi connectivity index (χ2v) is 7.96. The third-order valence-corrected chi connectivity index (χ3v) is 5.47. The number of fused-ring (bicyclic) bond motifs is 1. The molecule has 36 heavy (non-hydrogen) atoms. The van der Waals surface area contributed by atoms with Gasteiger partial charge in [0.05, 0.1) is 14.2 Å². The standard InChI is InChI=1S/C28H27N3O3.2ClH/c1-18-3-10-25(19(2)13-18)28(33)34-17-20-4-6-21(7-5-20)26(15-29)27(32)31-24-9-8-23-16-30-12-11-22(23)14-24;;/h3-14,16,26H,15,17,29H2,1-2H3,(H,31,32);2*1H/i17D2,26D;;. The number of nitrogens with two attached hydrogens (primary N) is 1. The molecule has 4 rings (SSSR count). The summed E-state index contributed by atoms with van der Waals surface area (Å²) in [5, 5.41) is 4.56. The van der Waals surface area contributed by atoms with Gasteiger partial charge in [-0.1, -0.05) is 48.0 Å². The van der Waals surface area contributed by atoms with Crippen LogP contribution in [0.4, 0.5) is 5.69 Å². The molecule has 1 amide bonds. The molecule has 1 aromatic heterocycles. The van der Waals surface area contributed by atoms with Crippen LogP contribution in [0.5, 0.6) is 0 Å². The Hall–Kier alpha value is -3.45. The van der Waals surface area contributed by atoms with Crippen LogP contribution in [-0.2, 0) is 16.1 Å². The normalized spacial score (nSPS) is 13.6. The van der Waals surface area contributed by atoms with Gasteiger partial charge in [-0.2, -0.15) is 0 Å². The van der Waals surface area contributed by atoms with Crippen molar-refractivity contribution >= 4 is 53.2 Å². The largest absolute Gasteiger partial charge is 0.457 e. The van der Waals surface area contributed by atoms with Crippen LogP contribution in [0.2, 0.25) is 0 Å². The minimum atomic E-state index is -2.43. The van der Waals surface area contributed by atoms with E-state index in [1.165, 1.54) is 24.3 Å². The third-order valence-electron chi connectivity index (χ3n) is 5.47. The highest BCUT2D eigenvalue weighted by atomic mass is 35.5. The summed E-state index contributed by atoms with van der Waals surface area (Å²) in [4.78, 5) is 29.8. The highest BCUT2D eigenvalue weighted by molar-refractivity contribution is 5.98. The molecule has 0 aliphatic rings. The molecular formula is C28H29Cl2N3O3. The first-order chi connectivity index (χ1) is 17.5. The van der Waals surface area contributed by atoms with E-state index in [-0.39, 0.29) is 48.0 Å². The van der Waals surface area contributed by atoms with Crippen molar-refractivity contribution in [2.45, 2.75) is 26.3 Å². The van der Waals surface area contributed by atoms with E-state index in [2.05, 4.69) is 10.3 Å². The van der Waals surface area contributed by atoms with Crippen LogP contribution in [0.3, 0.4) is 0 Å². The molecule has 0 saturated carbocycles. The average molecular weight is 529 g/mol. The molecular weight excluding hydrogens is 497 g/mol. The van der Waals surface area contributed by atoms with Gasteiger partial charge in [0.2, 0.25) is 5.91 Å². The summed E-state index contributed by atoms with van der Waals surface area (Å²) in [6.07, 6.45) is 3.37. The minimum absolute atomic E-state index is 0. The van der Waals surface area contributed by atoms with Gasteiger partial charge in [0.25, 0.3) is 0 Å². The number of esters is 1. The molecule has 4 aromatic rings. The zero-order valence-electron chi connectivity index (χ0n) is 22.8. The molecule has 3 N–H and O–H groups in total. The van der Waals surface area contributed by atoms with Gasteiger partial charge in [0, 0.05) is 31.4 Å². The summed E-state index contributed by atoms with van der Waals surface area (Å²) >= 11 is 0. The number of benzene rings is 3. The molecule has 0 fully saturated rings. The van der Waals surface area contributed by atoms with E-state index in [9.17, 15) is 9.59 Å². The molecule has 1 unspecified atom stereocenters. The topological polar surface area (TPSA) is 94.3 Å². The van der Waals surface area contributed by atoms with Crippen molar-refractivity contribution in [3.8, 4) is 0 Å². The number of carbonyl (C=O) groups excluding carboxylic acids is 2. The SMILES string of the molecule is Cl.Cl.[2H]C([2H])(OC(=O)c1ccc(C)cc1C)c1ccc(C([2H])(CN)C(=O)Nc2ccc3cnccc3c2)cc1. The Morgan fingerprint density at radius 1 is 1.03 bits per heavy atom. The van der Waals surface area contributed by atoms with Crippen molar-refractivity contribution in [2.24, 2.45) is 5.73 Å². The van der Waals surface area contributed by atoms with Crippen LogP contribution >= 0.6 is 24.8 Å². The van der Waals surface area contributed by atoms with Crippen molar-refractivity contribution < 1.29 is 18.4 Å². The van der Waals surface area contributed by atoms with E-state index < -0.39 is 24.3 Å². The van der Waals surface area contributed by atoms with Gasteiger partial charge < -0.3 is 15.8 Å². The first kappa shape index (κ1) is 24.3. The van der Waals surface area contributed by atoms with Crippen LogP contribution in [-0.4, -0.2) is 23.4 Å². The predicted octanol–water partition coefficient (Wildman–Crippen LogP) is 5.73. The van der Waals surface area contributed by atoms with E-state index in [1.54, 1.807) is 43.6 Å². The molecule has 8 heteroatoms. The quantitative estimate of drug-likeness (QED) is 0.298. The van der Waals surface area contributed by atoms with Crippen molar-refractivity contribution in [3.63, 3.8) is 0 Å². The van der Waals surface area contributed by atoms with Gasteiger partial charge in [-0.05, 0) is 60.2 Å². The number of nitrogens with one attached hydrogen (secondary N) is 1. The third kappa shape index (κ3) is 6.82. The van der Waals surface area contributed by atoms with E-state index >= 15 is 0 Å². The number of halogens is 2. The number of aromatic nitrogens is 1. The number of nitrogens with zero attached hydrogens (tertiary/aromatic N) is 1. The first-order valence-corrected chi connectivity index (χ1v) is 10.8. The van der Waals surface area contributed by atoms with E-state index in [4.69, 9.17) is 14.6 Å². The Kier molecular flexibility index (Phi) is 8.77. The van der Waals surface area contributed by atoms with Crippen LogP contribution in [0.1, 0.15) is 42.6 Å². The van der Waals surface area contributed by atoms with Crippen molar-refractivity contribution in [2.75, 3.05) is 11.9 Å². The number of hydrogen-bond acceptors (Lipinski definition) is 5. The predicted molar refractivity (Wildman–Crippen MR) is 148 cm³/mol. The van der Waals surface area contributed by atoms with Gasteiger partial charge >= 0.3 is 5.97 Å². The lowest BCUT2D eigenvalue weighted by atomic mass is 9.97. The highest BCUT2D eigenvalue weighted by Gasteiger charge is 2.19. The van der Waals surface area contributed by atoms with Crippen LogP contribution in [0, 0.1) is 13.8 Å². The number of hydrogen-bond donors (Lipinski definition) is 2. The molecule has 188 valence electrons. The Morgan fingerprint density at radius 3 is 2.47 bits per heavy atom. The Labute approximate surface area is 227 Å². The van der Waals surface area contributed by atoms with Gasteiger partial charge in [-0.15, -0.1) is 24.8 Å². The van der Waals surface area contributed by atoms with Crippen molar-refractivity contribution in [1.82, 2.24) is 4.98 Å². The monoisotopic (exact) mass is 528 g/mol. The van der Waals surface area contributed by atoms with Crippen molar-refractivity contribution in [1.29, 1.82) is 0 Å². The van der Waals surface area contributed by atoms with Gasteiger partial charge in [-0.25, -0.2) is 4.79 Å². The highest BCUT2D eigenvalue weighted by Crippen LogP contribution is 2.22.